The van der Waals surface area contributed by atoms with Crippen LogP contribution in [0.15, 0.2) is 10.5 Å². The average molecular weight is 410 g/mol. The maximum Gasteiger partial charge on any atom is 0.421 e. The van der Waals surface area contributed by atoms with Gasteiger partial charge in [-0.3, -0.25) is 0 Å². The van der Waals surface area contributed by atoms with E-state index in [1.165, 1.54) is 0 Å². The Bertz CT molecular complexity index is 834. The molecule has 3 rings (SSSR count). The standard InChI is InChI=1S/C16H16F6N4O2/c17-15(18,19)8-5-3-1-2-4-6-27-12-9(16(20,21)22)7-10(23)11(24-12)14-26-25-13(8)28-14/h7-8H,1-6,23H2. The number of halogens is 6. The zero-order valence-electron chi connectivity index (χ0n) is 14.4. The lowest BCUT2D eigenvalue weighted by Gasteiger charge is -2.17. The van der Waals surface area contributed by atoms with Crippen molar-refractivity contribution in [1.29, 1.82) is 0 Å². The van der Waals surface area contributed by atoms with Gasteiger partial charge in [0.15, 0.2) is 5.69 Å². The first-order valence-electron chi connectivity index (χ1n) is 8.48. The van der Waals surface area contributed by atoms with Crippen LogP contribution in [-0.2, 0) is 6.18 Å². The Labute approximate surface area is 155 Å². The molecule has 1 atom stereocenters. The van der Waals surface area contributed by atoms with Gasteiger partial charge in [0.2, 0.25) is 11.8 Å². The molecular weight excluding hydrogens is 394 g/mol. The van der Waals surface area contributed by atoms with Crippen molar-refractivity contribution >= 4 is 5.69 Å². The molecule has 1 aliphatic heterocycles. The minimum absolute atomic E-state index is 0.0722. The summed E-state index contributed by atoms with van der Waals surface area (Å²) in [5.41, 5.74) is 3.61. The Hall–Kier alpha value is -2.53. The molecule has 0 aliphatic carbocycles. The number of nitrogens with zero attached hydrogens (tertiary/aromatic N) is 3. The maximum absolute atomic E-state index is 13.4. The molecule has 1 aliphatic rings. The zero-order chi connectivity index (χ0) is 20.5. The average Bonchev–Trinajstić information content (AvgIpc) is 3.04. The SMILES string of the molecule is Nc1cc(C(F)(F)F)c2nc1-c1nnc(o1)C(C(F)(F)F)CCCCCCO2. The molecule has 4 bridgehead atoms. The van der Waals surface area contributed by atoms with Gasteiger partial charge in [-0.1, -0.05) is 19.3 Å². The normalized spacial score (nSPS) is 19.0. The first-order chi connectivity index (χ1) is 13.1. The van der Waals surface area contributed by atoms with Crippen LogP contribution < -0.4 is 10.5 Å². The van der Waals surface area contributed by atoms with Crippen molar-refractivity contribution in [3.05, 3.63) is 17.5 Å². The fourth-order valence-electron chi connectivity index (χ4n) is 2.87. The van der Waals surface area contributed by atoms with E-state index in [0.717, 1.165) is 0 Å². The number of ether oxygens (including phenoxy) is 1. The van der Waals surface area contributed by atoms with Crippen LogP contribution in [0, 0.1) is 0 Å². The number of hydrogen-bond donors (Lipinski definition) is 1. The van der Waals surface area contributed by atoms with Gasteiger partial charge < -0.3 is 14.9 Å². The molecule has 3 heterocycles. The third kappa shape index (κ3) is 4.30. The largest absolute Gasteiger partial charge is 0.477 e. The number of anilines is 1. The highest BCUT2D eigenvalue weighted by Crippen LogP contribution is 2.41. The van der Waals surface area contributed by atoms with Gasteiger partial charge in [-0.05, 0) is 18.9 Å². The van der Waals surface area contributed by atoms with Crippen LogP contribution in [0.25, 0.3) is 11.6 Å². The first kappa shape index (κ1) is 20.2. The number of fused-ring (bicyclic) bond motifs is 5. The Morgan fingerprint density at radius 2 is 1.71 bits per heavy atom. The maximum atomic E-state index is 13.4. The van der Waals surface area contributed by atoms with Gasteiger partial charge >= 0.3 is 12.4 Å². The van der Waals surface area contributed by atoms with Crippen LogP contribution >= 0.6 is 0 Å². The van der Waals surface area contributed by atoms with Gasteiger partial charge in [0.25, 0.3) is 5.89 Å². The van der Waals surface area contributed by atoms with Crippen LogP contribution in [0.4, 0.5) is 32.0 Å². The molecule has 0 spiro atoms. The van der Waals surface area contributed by atoms with Crippen LogP contribution in [0.2, 0.25) is 0 Å². The molecule has 154 valence electrons. The topological polar surface area (TPSA) is 87.1 Å². The summed E-state index contributed by atoms with van der Waals surface area (Å²) in [5.74, 6) is -3.88. The summed E-state index contributed by atoms with van der Waals surface area (Å²) in [6.07, 6.45) is -8.08. The van der Waals surface area contributed by atoms with E-state index >= 15 is 0 Å². The molecule has 0 amide bonds. The Balaban J connectivity index is 2.09. The third-order valence-corrected chi connectivity index (χ3v) is 4.28. The molecule has 0 saturated carbocycles. The number of nitrogen functional groups attached to an aromatic ring is 1. The van der Waals surface area contributed by atoms with Crippen molar-refractivity contribution in [1.82, 2.24) is 15.2 Å². The quantitative estimate of drug-likeness (QED) is 0.633. The van der Waals surface area contributed by atoms with E-state index in [0.29, 0.717) is 25.3 Å². The molecule has 2 aromatic heterocycles. The highest BCUT2D eigenvalue weighted by molar-refractivity contribution is 5.68. The van der Waals surface area contributed by atoms with Crippen molar-refractivity contribution in [3.8, 4) is 17.5 Å². The van der Waals surface area contributed by atoms with E-state index in [1.54, 1.807) is 0 Å². The minimum Gasteiger partial charge on any atom is -0.477 e. The van der Waals surface area contributed by atoms with Crippen LogP contribution in [0.3, 0.4) is 0 Å². The predicted octanol–water partition coefficient (Wildman–Crippen LogP) is 4.72. The van der Waals surface area contributed by atoms with Gasteiger partial charge in [0, 0.05) is 0 Å². The molecule has 12 heteroatoms. The van der Waals surface area contributed by atoms with E-state index in [1.807, 2.05) is 0 Å². The first-order valence-corrected chi connectivity index (χ1v) is 8.48. The van der Waals surface area contributed by atoms with E-state index in [2.05, 4.69) is 15.2 Å². The minimum atomic E-state index is -4.78. The molecule has 0 radical (unpaired) electrons. The molecule has 1 unspecified atom stereocenters. The summed E-state index contributed by atoms with van der Waals surface area (Å²) in [7, 11) is 0. The molecule has 0 saturated heterocycles. The second-order valence-corrected chi connectivity index (χ2v) is 6.37. The number of nitrogens with two attached hydrogens (primary N) is 1. The van der Waals surface area contributed by atoms with Gasteiger partial charge in [-0.25, -0.2) is 4.98 Å². The van der Waals surface area contributed by atoms with E-state index in [4.69, 9.17) is 14.9 Å². The summed E-state index contributed by atoms with van der Waals surface area (Å²) in [5, 5.41) is 6.93. The molecule has 2 aromatic rings. The number of alkyl halides is 6. The predicted molar refractivity (Wildman–Crippen MR) is 84.3 cm³/mol. The Kier molecular flexibility index (Phi) is 5.39. The highest BCUT2D eigenvalue weighted by Gasteiger charge is 2.44. The number of aromatic nitrogens is 3. The van der Waals surface area contributed by atoms with E-state index in [-0.39, 0.29) is 25.1 Å². The van der Waals surface area contributed by atoms with Crippen molar-refractivity contribution in [3.63, 3.8) is 0 Å². The molecule has 2 N–H and O–H groups in total. The summed E-state index contributed by atoms with van der Waals surface area (Å²) < 4.78 is 90.0. The Morgan fingerprint density at radius 1 is 1.00 bits per heavy atom. The van der Waals surface area contributed by atoms with Crippen LogP contribution in [-0.4, -0.2) is 28.0 Å². The van der Waals surface area contributed by atoms with Crippen molar-refractivity contribution in [2.75, 3.05) is 12.3 Å². The van der Waals surface area contributed by atoms with Gasteiger partial charge in [-0.2, -0.15) is 26.3 Å². The summed E-state index contributed by atoms with van der Waals surface area (Å²) >= 11 is 0. The number of hydrogen-bond acceptors (Lipinski definition) is 6. The van der Waals surface area contributed by atoms with Gasteiger partial charge in [-0.15, -0.1) is 10.2 Å². The fraction of sp³-hybridized carbons (Fsp3) is 0.562. The summed E-state index contributed by atoms with van der Waals surface area (Å²) in [6.45, 7) is -0.0722. The smallest absolute Gasteiger partial charge is 0.421 e. The van der Waals surface area contributed by atoms with Crippen LogP contribution in [0.5, 0.6) is 5.88 Å². The number of rotatable bonds is 0. The monoisotopic (exact) mass is 410 g/mol. The second-order valence-electron chi connectivity index (χ2n) is 6.37. The van der Waals surface area contributed by atoms with E-state index < -0.39 is 47.2 Å². The third-order valence-electron chi connectivity index (χ3n) is 4.28. The van der Waals surface area contributed by atoms with Gasteiger partial charge in [0.1, 0.15) is 11.5 Å². The summed E-state index contributed by atoms with van der Waals surface area (Å²) in [6, 6.07) is 0.592. The van der Waals surface area contributed by atoms with Gasteiger partial charge in [0.05, 0.1) is 12.3 Å². The van der Waals surface area contributed by atoms with Crippen molar-refractivity contribution in [2.45, 2.75) is 50.4 Å². The lowest BCUT2D eigenvalue weighted by Crippen LogP contribution is -2.21. The highest BCUT2D eigenvalue weighted by atomic mass is 19.4. The van der Waals surface area contributed by atoms with Crippen molar-refractivity contribution in [2.24, 2.45) is 0 Å². The summed E-state index contributed by atoms with van der Waals surface area (Å²) in [4.78, 5) is 3.71. The fourth-order valence-corrected chi connectivity index (χ4v) is 2.87. The molecule has 28 heavy (non-hydrogen) atoms. The second kappa shape index (κ2) is 7.47. The number of pyridine rings is 1. The van der Waals surface area contributed by atoms with Crippen molar-refractivity contribution < 1.29 is 35.5 Å². The molecular formula is C16H16F6N4O2. The lowest BCUT2D eigenvalue weighted by molar-refractivity contribution is -0.156. The molecule has 6 nitrogen and oxygen atoms in total. The van der Waals surface area contributed by atoms with Crippen LogP contribution in [0.1, 0.15) is 49.5 Å². The Morgan fingerprint density at radius 3 is 2.39 bits per heavy atom. The zero-order valence-corrected chi connectivity index (χ0v) is 14.4. The molecule has 0 fully saturated rings. The lowest BCUT2D eigenvalue weighted by atomic mass is 10.00. The molecule has 0 aromatic carbocycles. The van der Waals surface area contributed by atoms with E-state index in [9.17, 15) is 26.3 Å².